The molecule has 2 heterocycles. The molecule has 2 aromatic heterocycles. The predicted octanol–water partition coefficient (Wildman–Crippen LogP) is 2.38. The highest BCUT2D eigenvalue weighted by Gasteiger charge is 2.09. The number of para-hydroxylation sites is 1. The van der Waals surface area contributed by atoms with Gasteiger partial charge in [-0.2, -0.15) is 0 Å². The minimum atomic E-state index is -0.202. The van der Waals surface area contributed by atoms with E-state index in [0.717, 1.165) is 24.9 Å². The van der Waals surface area contributed by atoms with Crippen LogP contribution in [0.5, 0.6) is 0 Å². The number of H-pyrrole nitrogens is 1. The lowest BCUT2D eigenvalue weighted by atomic mass is 10.1. The molecule has 26 heavy (non-hydrogen) atoms. The summed E-state index contributed by atoms with van der Waals surface area (Å²) < 4.78 is 5.00. The Balaban J connectivity index is 1.51. The molecule has 136 valence electrons. The van der Waals surface area contributed by atoms with Crippen LogP contribution in [-0.4, -0.2) is 47.7 Å². The SMILES string of the molecule is COCCCNc1cc(C(=O)NCCc2c[nH]c3ccccc23)ncn1. The normalized spacial score (nSPS) is 10.8. The number of fused-ring (bicyclic) bond motifs is 1. The van der Waals surface area contributed by atoms with Gasteiger partial charge >= 0.3 is 0 Å². The molecular formula is C19H23N5O2. The van der Waals surface area contributed by atoms with E-state index in [0.29, 0.717) is 24.7 Å². The summed E-state index contributed by atoms with van der Waals surface area (Å²) in [6, 6.07) is 9.79. The molecule has 0 radical (unpaired) electrons. The molecule has 0 unspecified atom stereocenters. The minimum Gasteiger partial charge on any atom is -0.385 e. The number of benzene rings is 1. The summed E-state index contributed by atoms with van der Waals surface area (Å²) in [4.78, 5) is 23.7. The number of carbonyl (C=O) groups is 1. The second kappa shape index (κ2) is 8.96. The Labute approximate surface area is 152 Å². The molecule has 1 amide bonds. The lowest BCUT2D eigenvalue weighted by molar-refractivity contribution is 0.0949. The van der Waals surface area contributed by atoms with Crippen LogP contribution in [0.25, 0.3) is 10.9 Å². The highest BCUT2D eigenvalue weighted by atomic mass is 16.5. The quantitative estimate of drug-likeness (QED) is 0.514. The molecule has 0 aliphatic heterocycles. The van der Waals surface area contributed by atoms with Crippen molar-refractivity contribution >= 4 is 22.6 Å². The molecule has 3 rings (SSSR count). The van der Waals surface area contributed by atoms with Gasteiger partial charge in [-0.1, -0.05) is 18.2 Å². The van der Waals surface area contributed by atoms with Crippen molar-refractivity contribution < 1.29 is 9.53 Å². The second-order valence-corrected chi connectivity index (χ2v) is 5.93. The van der Waals surface area contributed by atoms with Gasteiger partial charge in [-0.15, -0.1) is 0 Å². The molecular weight excluding hydrogens is 330 g/mol. The number of ether oxygens (including phenoxy) is 1. The van der Waals surface area contributed by atoms with Gasteiger partial charge in [-0.25, -0.2) is 9.97 Å². The van der Waals surface area contributed by atoms with Crippen molar-refractivity contribution in [2.75, 3.05) is 32.1 Å². The fourth-order valence-corrected chi connectivity index (χ4v) is 2.75. The first-order valence-electron chi connectivity index (χ1n) is 8.66. The Bertz CT molecular complexity index is 862. The molecule has 3 N–H and O–H groups in total. The molecule has 7 heteroatoms. The summed E-state index contributed by atoms with van der Waals surface area (Å²) >= 11 is 0. The maximum atomic E-state index is 12.3. The molecule has 0 atom stereocenters. The van der Waals surface area contributed by atoms with Crippen molar-refractivity contribution in [2.45, 2.75) is 12.8 Å². The Morgan fingerprint density at radius 2 is 2.12 bits per heavy atom. The largest absolute Gasteiger partial charge is 0.385 e. The summed E-state index contributed by atoms with van der Waals surface area (Å²) in [5, 5.41) is 7.26. The predicted molar refractivity (Wildman–Crippen MR) is 101 cm³/mol. The van der Waals surface area contributed by atoms with Crippen LogP contribution in [0.15, 0.2) is 42.9 Å². The van der Waals surface area contributed by atoms with E-state index in [1.54, 1.807) is 13.2 Å². The maximum absolute atomic E-state index is 12.3. The van der Waals surface area contributed by atoms with Gasteiger partial charge in [-0.05, 0) is 24.5 Å². The first-order chi connectivity index (χ1) is 12.8. The topological polar surface area (TPSA) is 91.9 Å². The summed E-state index contributed by atoms with van der Waals surface area (Å²) in [5.74, 6) is 0.435. The highest BCUT2D eigenvalue weighted by molar-refractivity contribution is 5.92. The number of aromatic nitrogens is 3. The fourth-order valence-electron chi connectivity index (χ4n) is 2.75. The summed E-state index contributed by atoms with van der Waals surface area (Å²) in [7, 11) is 1.67. The smallest absolute Gasteiger partial charge is 0.270 e. The van der Waals surface area contributed by atoms with Crippen LogP contribution < -0.4 is 10.6 Å². The van der Waals surface area contributed by atoms with Crippen molar-refractivity contribution in [1.29, 1.82) is 0 Å². The summed E-state index contributed by atoms with van der Waals surface area (Å²) in [5.41, 5.74) is 2.64. The van der Waals surface area contributed by atoms with Gasteiger partial charge in [0.25, 0.3) is 5.91 Å². The number of carbonyl (C=O) groups excluding carboxylic acids is 1. The standard InChI is InChI=1S/C19H23N5O2/c1-26-10-4-8-20-18-11-17(23-13-24-18)19(25)21-9-7-14-12-22-16-6-3-2-5-15(14)16/h2-3,5-6,11-13,22H,4,7-10H2,1H3,(H,21,25)(H,20,23,24). The first kappa shape index (κ1) is 17.9. The number of nitrogens with one attached hydrogen (secondary N) is 3. The molecule has 1 aromatic carbocycles. The van der Waals surface area contributed by atoms with Gasteiger partial charge in [0.05, 0.1) is 0 Å². The molecule has 0 aliphatic carbocycles. The number of nitrogens with zero attached hydrogens (tertiary/aromatic N) is 2. The fraction of sp³-hybridized carbons (Fsp3) is 0.316. The third-order valence-electron chi connectivity index (χ3n) is 4.09. The van der Waals surface area contributed by atoms with E-state index in [1.807, 2.05) is 24.4 Å². The second-order valence-electron chi connectivity index (χ2n) is 5.93. The van der Waals surface area contributed by atoms with Gasteiger partial charge in [0, 0.05) is 50.0 Å². The van der Waals surface area contributed by atoms with Crippen LogP contribution in [0.2, 0.25) is 0 Å². The Kier molecular flexibility index (Phi) is 6.16. The van der Waals surface area contributed by atoms with Crippen molar-refractivity contribution in [2.24, 2.45) is 0 Å². The zero-order valence-electron chi connectivity index (χ0n) is 14.8. The number of hydrogen-bond acceptors (Lipinski definition) is 5. The zero-order chi connectivity index (χ0) is 18.2. The van der Waals surface area contributed by atoms with Crippen LogP contribution in [0, 0.1) is 0 Å². The van der Waals surface area contributed by atoms with E-state index in [2.05, 4.69) is 31.7 Å². The number of rotatable bonds is 9. The number of methoxy groups -OCH3 is 1. The van der Waals surface area contributed by atoms with E-state index in [1.165, 1.54) is 17.3 Å². The lowest BCUT2D eigenvalue weighted by Crippen LogP contribution is -2.26. The Hall–Kier alpha value is -2.93. The van der Waals surface area contributed by atoms with Crippen LogP contribution >= 0.6 is 0 Å². The first-order valence-corrected chi connectivity index (χ1v) is 8.66. The van der Waals surface area contributed by atoms with Gasteiger partial charge in [0.15, 0.2) is 0 Å². The number of hydrogen-bond donors (Lipinski definition) is 3. The van der Waals surface area contributed by atoms with E-state index >= 15 is 0 Å². The highest BCUT2D eigenvalue weighted by Crippen LogP contribution is 2.17. The summed E-state index contributed by atoms with van der Waals surface area (Å²) in [6.45, 7) is 1.95. The molecule has 3 aromatic rings. The Morgan fingerprint density at radius 3 is 3.00 bits per heavy atom. The molecule has 0 saturated carbocycles. The van der Waals surface area contributed by atoms with Gasteiger partial charge in [-0.3, -0.25) is 4.79 Å². The van der Waals surface area contributed by atoms with Crippen LogP contribution in [0.3, 0.4) is 0 Å². The number of amides is 1. The summed E-state index contributed by atoms with van der Waals surface area (Å²) in [6.07, 6.45) is 5.01. The van der Waals surface area contributed by atoms with Gasteiger partial charge in [0.1, 0.15) is 17.8 Å². The number of anilines is 1. The number of aromatic amines is 1. The average Bonchev–Trinajstić information content (AvgIpc) is 3.09. The van der Waals surface area contributed by atoms with Crippen LogP contribution in [0.1, 0.15) is 22.5 Å². The van der Waals surface area contributed by atoms with Crippen molar-refractivity contribution in [3.8, 4) is 0 Å². The molecule has 0 saturated heterocycles. The monoisotopic (exact) mass is 353 g/mol. The van der Waals surface area contributed by atoms with E-state index in [-0.39, 0.29) is 5.91 Å². The third kappa shape index (κ3) is 4.58. The minimum absolute atomic E-state index is 0.202. The van der Waals surface area contributed by atoms with Gasteiger partial charge < -0.3 is 20.4 Å². The average molecular weight is 353 g/mol. The maximum Gasteiger partial charge on any atom is 0.270 e. The molecule has 0 aliphatic rings. The van der Waals surface area contributed by atoms with Crippen molar-refractivity contribution in [1.82, 2.24) is 20.3 Å². The van der Waals surface area contributed by atoms with Gasteiger partial charge in [0.2, 0.25) is 0 Å². The lowest BCUT2D eigenvalue weighted by Gasteiger charge is -2.07. The molecule has 0 fully saturated rings. The Morgan fingerprint density at radius 1 is 1.23 bits per heavy atom. The molecule has 0 bridgehead atoms. The van der Waals surface area contributed by atoms with E-state index in [9.17, 15) is 4.79 Å². The zero-order valence-corrected chi connectivity index (χ0v) is 14.8. The molecule has 7 nitrogen and oxygen atoms in total. The van der Waals surface area contributed by atoms with Crippen LogP contribution in [0.4, 0.5) is 5.82 Å². The van der Waals surface area contributed by atoms with E-state index in [4.69, 9.17) is 4.74 Å². The third-order valence-corrected chi connectivity index (χ3v) is 4.09. The van der Waals surface area contributed by atoms with Crippen molar-refractivity contribution in [3.63, 3.8) is 0 Å². The van der Waals surface area contributed by atoms with Crippen molar-refractivity contribution in [3.05, 3.63) is 54.1 Å². The molecule has 0 spiro atoms. The van der Waals surface area contributed by atoms with Crippen LogP contribution in [-0.2, 0) is 11.2 Å². The van der Waals surface area contributed by atoms with E-state index < -0.39 is 0 Å².